The summed E-state index contributed by atoms with van der Waals surface area (Å²) in [5, 5.41) is 13.9. The van der Waals surface area contributed by atoms with E-state index < -0.39 is 5.91 Å². The highest BCUT2D eigenvalue weighted by molar-refractivity contribution is 6.00. The van der Waals surface area contributed by atoms with Gasteiger partial charge < -0.3 is 10.6 Å². The molecule has 0 bridgehead atoms. The fraction of sp³-hybridized carbons (Fsp3) is 0.400. The van der Waals surface area contributed by atoms with Crippen LogP contribution in [0.25, 0.3) is 0 Å². The summed E-state index contributed by atoms with van der Waals surface area (Å²) >= 11 is 0. The van der Waals surface area contributed by atoms with Crippen LogP contribution in [0.1, 0.15) is 19.3 Å². The molecule has 6 nitrogen and oxygen atoms in total. The van der Waals surface area contributed by atoms with Gasteiger partial charge in [-0.2, -0.15) is 5.26 Å². The summed E-state index contributed by atoms with van der Waals surface area (Å²) in [4.78, 5) is 25.6. The van der Waals surface area contributed by atoms with Crippen LogP contribution in [-0.4, -0.2) is 36.3 Å². The summed E-state index contributed by atoms with van der Waals surface area (Å²) in [6.07, 6.45) is 2.05. The topological polar surface area (TPSA) is 85.2 Å². The lowest BCUT2D eigenvalue weighted by atomic mass is 10.2. The zero-order chi connectivity index (χ0) is 15.1. The van der Waals surface area contributed by atoms with Crippen LogP contribution in [0.15, 0.2) is 24.3 Å². The lowest BCUT2D eigenvalue weighted by Crippen LogP contribution is -2.31. The first-order valence-electron chi connectivity index (χ1n) is 6.97. The third kappa shape index (κ3) is 4.58. The van der Waals surface area contributed by atoms with Crippen LogP contribution in [0.3, 0.4) is 0 Å². The van der Waals surface area contributed by atoms with Gasteiger partial charge in [0.05, 0.1) is 24.0 Å². The van der Waals surface area contributed by atoms with Gasteiger partial charge in [0.25, 0.3) is 0 Å². The number of carbonyl (C=O) groups excluding carboxylic acids is 2. The molecule has 1 heterocycles. The number of carbonyl (C=O) groups is 2. The first-order valence-corrected chi connectivity index (χ1v) is 6.97. The standard InChI is InChI=1S/C15H18N4O2/c16-8-7-14(20)17-12-5-1-2-6-13(12)18-15(21)11-19-9-3-4-10-19/h1-2,5-6H,3-4,7,9-11H2,(H,17,20)(H,18,21). The van der Waals surface area contributed by atoms with Crippen molar-refractivity contribution in [3.63, 3.8) is 0 Å². The summed E-state index contributed by atoms with van der Waals surface area (Å²) in [6, 6.07) is 8.76. The maximum absolute atomic E-state index is 12.0. The fourth-order valence-electron chi connectivity index (χ4n) is 2.30. The van der Waals surface area contributed by atoms with Gasteiger partial charge in [0.1, 0.15) is 6.42 Å². The Kier molecular flexibility index (Phi) is 5.29. The Labute approximate surface area is 123 Å². The first kappa shape index (κ1) is 15.0. The van der Waals surface area contributed by atoms with Gasteiger partial charge in [-0.05, 0) is 38.1 Å². The van der Waals surface area contributed by atoms with Crippen molar-refractivity contribution >= 4 is 23.2 Å². The van der Waals surface area contributed by atoms with Crippen molar-refractivity contribution < 1.29 is 9.59 Å². The van der Waals surface area contributed by atoms with Crippen LogP contribution in [0.5, 0.6) is 0 Å². The molecule has 1 aromatic rings. The van der Waals surface area contributed by atoms with Crippen molar-refractivity contribution in [3.05, 3.63) is 24.3 Å². The van der Waals surface area contributed by atoms with E-state index in [1.165, 1.54) is 0 Å². The molecule has 1 saturated heterocycles. The van der Waals surface area contributed by atoms with Crippen molar-refractivity contribution in [1.82, 2.24) is 4.90 Å². The molecule has 1 fully saturated rings. The van der Waals surface area contributed by atoms with E-state index in [0.717, 1.165) is 25.9 Å². The number of hydrogen-bond acceptors (Lipinski definition) is 4. The number of para-hydroxylation sites is 2. The second kappa shape index (κ2) is 7.41. The minimum absolute atomic E-state index is 0.0983. The van der Waals surface area contributed by atoms with E-state index >= 15 is 0 Å². The van der Waals surface area contributed by atoms with Crippen molar-refractivity contribution in [2.45, 2.75) is 19.3 Å². The van der Waals surface area contributed by atoms with Gasteiger partial charge in [0.15, 0.2) is 0 Å². The number of nitrogens with one attached hydrogen (secondary N) is 2. The molecule has 1 aliphatic heterocycles. The third-order valence-electron chi connectivity index (χ3n) is 3.28. The van der Waals surface area contributed by atoms with Crippen molar-refractivity contribution in [1.29, 1.82) is 5.26 Å². The van der Waals surface area contributed by atoms with Gasteiger partial charge in [-0.15, -0.1) is 0 Å². The molecule has 21 heavy (non-hydrogen) atoms. The van der Waals surface area contributed by atoms with E-state index in [2.05, 4.69) is 15.5 Å². The first-order chi connectivity index (χ1) is 10.2. The smallest absolute Gasteiger partial charge is 0.238 e. The van der Waals surface area contributed by atoms with Gasteiger partial charge in [-0.3, -0.25) is 14.5 Å². The Hall–Kier alpha value is -2.39. The van der Waals surface area contributed by atoms with Crippen LogP contribution in [-0.2, 0) is 9.59 Å². The molecule has 110 valence electrons. The molecule has 0 atom stereocenters. The van der Waals surface area contributed by atoms with Crippen molar-refractivity contribution in [2.75, 3.05) is 30.3 Å². The molecular weight excluding hydrogens is 268 g/mol. The van der Waals surface area contributed by atoms with E-state index in [0.29, 0.717) is 17.9 Å². The third-order valence-corrected chi connectivity index (χ3v) is 3.28. The van der Waals surface area contributed by atoms with Crippen molar-refractivity contribution in [3.8, 4) is 6.07 Å². The predicted molar refractivity (Wildman–Crippen MR) is 79.6 cm³/mol. The minimum atomic E-state index is -0.390. The second-order valence-corrected chi connectivity index (χ2v) is 4.96. The predicted octanol–water partition coefficient (Wildman–Crippen LogP) is 1.57. The SMILES string of the molecule is N#CCC(=O)Nc1ccccc1NC(=O)CN1CCCC1. The summed E-state index contributed by atoms with van der Waals surface area (Å²) in [7, 11) is 0. The summed E-state index contributed by atoms with van der Waals surface area (Å²) in [5.41, 5.74) is 1.06. The van der Waals surface area contributed by atoms with E-state index in [9.17, 15) is 9.59 Å². The zero-order valence-corrected chi connectivity index (χ0v) is 11.8. The number of nitrogens with zero attached hydrogens (tertiary/aromatic N) is 2. The highest BCUT2D eigenvalue weighted by Crippen LogP contribution is 2.21. The number of likely N-dealkylation sites (tertiary alicyclic amines) is 1. The molecule has 0 spiro atoms. The Morgan fingerprint density at radius 3 is 2.24 bits per heavy atom. The highest BCUT2D eigenvalue weighted by Gasteiger charge is 2.16. The maximum atomic E-state index is 12.0. The molecular formula is C15H18N4O2. The summed E-state index contributed by atoms with van der Waals surface area (Å²) < 4.78 is 0. The largest absolute Gasteiger partial charge is 0.323 e. The van der Waals surface area contributed by atoms with Gasteiger partial charge >= 0.3 is 0 Å². The van der Waals surface area contributed by atoms with Crippen LogP contribution < -0.4 is 10.6 Å². The van der Waals surface area contributed by atoms with E-state index in [-0.39, 0.29) is 12.3 Å². The molecule has 2 N–H and O–H groups in total. The van der Waals surface area contributed by atoms with Gasteiger partial charge in [-0.1, -0.05) is 12.1 Å². The van der Waals surface area contributed by atoms with Gasteiger partial charge in [-0.25, -0.2) is 0 Å². The lowest BCUT2D eigenvalue weighted by Gasteiger charge is -2.16. The molecule has 1 aromatic carbocycles. The quantitative estimate of drug-likeness (QED) is 0.860. The number of hydrogen-bond donors (Lipinski definition) is 2. The van der Waals surface area contributed by atoms with Gasteiger partial charge in [0, 0.05) is 0 Å². The molecule has 0 radical (unpaired) electrons. The molecule has 0 aromatic heterocycles. The monoisotopic (exact) mass is 286 g/mol. The molecule has 0 unspecified atom stereocenters. The van der Waals surface area contributed by atoms with Gasteiger partial charge in [0.2, 0.25) is 11.8 Å². The van der Waals surface area contributed by atoms with E-state index in [1.54, 1.807) is 30.3 Å². The number of nitriles is 1. The Balaban J connectivity index is 1.97. The summed E-state index contributed by atoms with van der Waals surface area (Å²) in [5.74, 6) is -0.488. The zero-order valence-electron chi connectivity index (χ0n) is 11.8. The molecule has 2 rings (SSSR count). The Morgan fingerprint density at radius 2 is 1.67 bits per heavy atom. The molecule has 6 heteroatoms. The number of benzene rings is 1. The Bertz CT molecular complexity index is 559. The average Bonchev–Trinajstić information content (AvgIpc) is 2.94. The molecule has 0 aliphatic carbocycles. The molecule has 0 saturated carbocycles. The molecule has 2 amide bonds. The highest BCUT2D eigenvalue weighted by atomic mass is 16.2. The van der Waals surface area contributed by atoms with Crippen LogP contribution in [0.4, 0.5) is 11.4 Å². The normalized spacial score (nSPS) is 14.4. The Morgan fingerprint density at radius 1 is 1.10 bits per heavy atom. The summed E-state index contributed by atoms with van der Waals surface area (Å²) in [6.45, 7) is 2.27. The van der Waals surface area contributed by atoms with Crippen LogP contribution >= 0.6 is 0 Å². The number of amides is 2. The van der Waals surface area contributed by atoms with Crippen LogP contribution in [0, 0.1) is 11.3 Å². The number of anilines is 2. The second-order valence-electron chi connectivity index (χ2n) is 4.96. The minimum Gasteiger partial charge on any atom is -0.323 e. The van der Waals surface area contributed by atoms with Crippen LogP contribution in [0.2, 0.25) is 0 Å². The number of rotatable bonds is 5. The van der Waals surface area contributed by atoms with E-state index in [1.807, 2.05) is 0 Å². The maximum Gasteiger partial charge on any atom is 0.238 e. The fourth-order valence-corrected chi connectivity index (χ4v) is 2.30. The van der Waals surface area contributed by atoms with Crippen molar-refractivity contribution in [2.24, 2.45) is 0 Å². The average molecular weight is 286 g/mol. The van der Waals surface area contributed by atoms with E-state index in [4.69, 9.17) is 5.26 Å². The molecule has 1 aliphatic rings. The lowest BCUT2D eigenvalue weighted by molar-refractivity contribution is -0.117.